The molecule has 0 aliphatic heterocycles. The van der Waals surface area contributed by atoms with Gasteiger partial charge in [-0.2, -0.15) is 0 Å². The quantitative estimate of drug-likeness (QED) is 0.197. The average molecular weight is 562 g/mol. The highest BCUT2D eigenvalue weighted by Crippen LogP contribution is 2.34. The minimum absolute atomic E-state index is 0.0771. The molecular weight excluding hydrogens is 528 g/mol. The number of carboxylic acid groups (broad SMARTS) is 1. The van der Waals surface area contributed by atoms with Gasteiger partial charge in [-0.1, -0.05) is 43.7 Å². The van der Waals surface area contributed by atoms with Crippen LogP contribution in [0.1, 0.15) is 41.8 Å². The molecule has 1 heterocycles. The first-order chi connectivity index (χ1) is 19.3. The molecule has 3 aromatic carbocycles. The zero-order valence-corrected chi connectivity index (χ0v) is 23.8. The maximum Gasteiger partial charge on any atom is 0.316 e. The molecular formula is C30H33N4O5S+. The second-order valence-electron chi connectivity index (χ2n) is 8.52. The summed E-state index contributed by atoms with van der Waals surface area (Å²) in [5.74, 6) is -1.27. The van der Waals surface area contributed by atoms with Gasteiger partial charge in [0.15, 0.2) is 12.2 Å². The summed E-state index contributed by atoms with van der Waals surface area (Å²) in [6.45, 7) is 6.63. The molecule has 0 fully saturated rings. The predicted octanol–water partition coefficient (Wildman–Crippen LogP) is 6.66. The molecule has 2 N–H and O–H groups in total. The minimum atomic E-state index is -0.959. The number of hydrogen-bond acceptors (Lipinski definition) is 7. The van der Waals surface area contributed by atoms with E-state index in [-0.39, 0.29) is 18.9 Å². The molecule has 4 aromatic rings. The largest absolute Gasteiger partial charge is 0.481 e. The van der Waals surface area contributed by atoms with Crippen LogP contribution in [0.5, 0.6) is 0 Å². The molecule has 0 radical (unpaired) electrons. The average Bonchev–Trinajstić information content (AvgIpc) is 3.47. The van der Waals surface area contributed by atoms with Crippen molar-refractivity contribution in [3.8, 4) is 11.3 Å². The van der Waals surface area contributed by atoms with Crippen molar-refractivity contribution in [2.75, 3.05) is 18.6 Å². The van der Waals surface area contributed by atoms with Gasteiger partial charge in [-0.25, -0.2) is 9.82 Å². The van der Waals surface area contributed by atoms with Gasteiger partial charge in [0.1, 0.15) is 0 Å². The number of carboxylic acids is 1. The first-order valence-electron chi connectivity index (χ1n) is 12.8. The molecule has 40 heavy (non-hydrogen) atoms. The van der Waals surface area contributed by atoms with E-state index >= 15 is 0 Å². The summed E-state index contributed by atoms with van der Waals surface area (Å²) in [5.41, 5.74) is 5.63. The molecule has 0 atom stereocenters. The number of thiazole rings is 1. The summed E-state index contributed by atoms with van der Waals surface area (Å²) in [6.07, 6.45) is -0.125. The smallest absolute Gasteiger partial charge is 0.316 e. The Morgan fingerprint density at radius 3 is 2.25 bits per heavy atom. The van der Waals surface area contributed by atoms with Gasteiger partial charge in [-0.05, 0) is 48.9 Å². The van der Waals surface area contributed by atoms with Gasteiger partial charge in [0, 0.05) is 40.9 Å². The number of aliphatic carboxylic acids is 1. The molecule has 208 valence electrons. The Balaban J connectivity index is 0.00000216. The third kappa shape index (κ3) is 7.97. The lowest BCUT2D eigenvalue weighted by Crippen LogP contribution is -2.26. The molecule has 0 saturated heterocycles. The van der Waals surface area contributed by atoms with E-state index in [1.54, 1.807) is 24.3 Å². The van der Waals surface area contributed by atoms with Crippen molar-refractivity contribution in [2.45, 2.75) is 33.7 Å². The Morgan fingerprint density at radius 1 is 1.00 bits per heavy atom. The molecule has 0 spiro atoms. The van der Waals surface area contributed by atoms with E-state index in [0.717, 1.165) is 33.2 Å². The Morgan fingerprint density at radius 2 is 1.65 bits per heavy atom. The summed E-state index contributed by atoms with van der Waals surface area (Å²) in [6, 6.07) is 22.4. The van der Waals surface area contributed by atoms with Crippen LogP contribution in [-0.2, 0) is 16.2 Å². The minimum Gasteiger partial charge on any atom is -0.481 e. The van der Waals surface area contributed by atoms with E-state index in [4.69, 9.17) is 14.9 Å². The number of nitrogens with zero attached hydrogens (tertiary/aromatic N) is 3. The van der Waals surface area contributed by atoms with E-state index in [1.165, 1.54) is 18.4 Å². The molecule has 0 bridgehead atoms. The Kier molecular flexibility index (Phi) is 10.9. The number of aryl methyl sites for hydroxylation is 1. The van der Waals surface area contributed by atoms with Crippen molar-refractivity contribution < 1.29 is 24.5 Å². The molecule has 0 saturated carbocycles. The number of aromatic nitrogens is 1. The maximum atomic E-state index is 12.3. The second kappa shape index (κ2) is 14.5. The first kappa shape index (κ1) is 30.0. The summed E-state index contributed by atoms with van der Waals surface area (Å²) in [4.78, 5) is 46.8. The van der Waals surface area contributed by atoms with Gasteiger partial charge in [0.05, 0.1) is 23.6 Å². The molecule has 1 aromatic heterocycles. The number of carbonyl (C=O) groups excluding carboxylic acids is 1. The number of amides is 1. The lowest BCUT2D eigenvalue weighted by atomic mass is 10.1. The molecule has 0 aliphatic rings. The van der Waals surface area contributed by atoms with Crippen molar-refractivity contribution in [2.24, 2.45) is 0 Å². The molecule has 1 amide bonds. The van der Waals surface area contributed by atoms with Crippen LogP contribution in [-0.4, -0.2) is 40.5 Å². The van der Waals surface area contributed by atoms with Crippen molar-refractivity contribution in [1.82, 2.24) is 10.3 Å². The van der Waals surface area contributed by atoms with Crippen LogP contribution >= 0.6 is 11.3 Å². The van der Waals surface area contributed by atoms with Gasteiger partial charge in [-0.15, -0.1) is 11.3 Å². The zero-order chi connectivity index (χ0) is 29.1. The summed E-state index contributed by atoms with van der Waals surface area (Å²) >= 11 is 1.51. The van der Waals surface area contributed by atoms with Crippen molar-refractivity contribution in [1.29, 1.82) is 0 Å². The van der Waals surface area contributed by atoms with Crippen LogP contribution in [0.4, 0.5) is 16.5 Å². The summed E-state index contributed by atoms with van der Waals surface area (Å²) in [7, 11) is 1.32. The number of anilines is 2. The van der Waals surface area contributed by atoms with E-state index in [0.29, 0.717) is 22.7 Å². The van der Waals surface area contributed by atoms with E-state index in [1.807, 2.05) is 74.7 Å². The van der Waals surface area contributed by atoms with Gasteiger partial charge in [0.25, 0.3) is 10.8 Å². The van der Waals surface area contributed by atoms with Crippen LogP contribution < -0.4 is 10.2 Å². The zero-order valence-electron chi connectivity index (χ0n) is 23.0. The van der Waals surface area contributed by atoms with Gasteiger partial charge >= 0.3 is 11.7 Å². The summed E-state index contributed by atoms with van der Waals surface area (Å²) in [5, 5.41) is 14.1. The normalized spacial score (nSPS) is 10.2. The fourth-order valence-electron chi connectivity index (χ4n) is 3.70. The van der Waals surface area contributed by atoms with Gasteiger partial charge in [0.2, 0.25) is 0 Å². The lowest BCUT2D eigenvalue weighted by molar-refractivity contribution is -0.736. The van der Waals surface area contributed by atoms with Gasteiger partial charge < -0.3 is 15.3 Å². The number of carbonyl (C=O) groups is 2. The standard InChI is InChI=1S/C28H26N4O5S.C2H6/c1-19-3-11-23(12-4-19)31(17-20-5-7-22(8-6-20)27(35)29-16-15-26(33)34)28-30-25(18-38-28)21-9-13-24(14-10-21)32(36)37-2;1-2/h3-14,18H,15-17H2,1-2H3,(H-,29,33,34,35);1-2H3/p+1. The number of rotatable bonds is 11. The SMILES string of the molecule is CC.CO[N+](=O)c1ccc(-c2csc(N(Cc3ccc(C(=O)NCCC(=O)O)cc3)c3ccc(C)cc3)n2)cc1. The highest BCUT2D eigenvalue weighted by molar-refractivity contribution is 7.14. The fourth-order valence-corrected chi connectivity index (χ4v) is 4.56. The molecule has 4 rings (SSSR count). The van der Waals surface area contributed by atoms with E-state index in [2.05, 4.69) is 10.2 Å². The highest BCUT2D eigenvalue weighted by Gasteiger charge is 2.18. The number of benzene rings is 3. The Bertz CT molecular complexity index is 1420. The van der Waals surface area contributed by atoms with Crippen molar-refractivity contribution in [3.05, 3.63) is 99.8 Å². The first-order valence-corrected chi connectivity index (χ1v) is 13.7. The third-order valence-electron chi connectivity index (χ3n) is 5.79. The number of nitrogens with one attached hydrogen (secondary N) is 1. The van der Waals surface area contributed by atoms with E-state index < -0.39 is 5.97 Å². The van der Waals surface area contributed by atoms with Crippen LogP contribution in [0.25, 0.3) is 11.3 Å². The maximum absolute atomic E-state index is 12.3. The Labute approximate surface area is 237 Å². The highest BCUT2D eigenvalue weighted by atomic mass is 32.1. The van der Waals surface area contributed by atoms with Crippen LogP contribution in [0.15, 0.2) is 78.2 Å². The van der Waals surface area contributed by atoms with Crippen molar-refractivity contribution in [3.63, 3.8) is 0 Å². The van der Waals surface area contributed by atoms with Crippen molar-refractivity contribution >= 4 is 39.7 Å². The molecule has 0 unspecified atom stereocenters. The Hall–Kier alpha value is -4.57. The van der Waals surface area contributed by atoms with Crippen LogP contribution in [0, 0.1) is 11.8 Å². The molecule has 10 heteroatoms. The molecule has 9 nitrogen and oxygen atoms in total. The monoisotopic (exact) mass is 561 g/mol. The molecule has 0 aliphatic carbocycles. The topological polar surface area (TPSA) is 112 Å². The fraction of sp³-hybridized carbons (Fsp3) is 0.233. The lowest BCUT2D eigenvalue weighted by Gasteiger charge is -2.22. The second-order valence-corrected chi connectivity index (χ2v) is 9.36. The van der Waals surface area contributed by atoms with Crippen LogP contribution in [0.2, 0.25) is 0 Å². The number of hydrogen-bond donors (Lipinski definition) is 2. The van der Waals surface area contributed by atoms with Gasteiger partial charge in [-0.3, -0.25) is 9.59 Å². The van der Waals surface area contributed by atoms with Crippen LogP contribution in [0.3, 0.4) is 0 Å². The predicted molar refractivity (Wildman–Crippen MR) is 157 cm³/mol. The third-order valence-corrected chi connectivity index (χ3v) is 6.65. The summed E-state index contributed by atoms with van der Waals surface area (Å²) < 4.78 is 0. The van der Waals surface area contributed by atoms with E-state index in [9.17, 15) is 14.5 Å².